The predicted molar refractivity (Wildman–Crippen MR) is 203 cm³/mol. The predicted octanol–water partition coefficient (Wildman–Crippen LogP) is -4.25. The average Bonchev–Trinajstić information content (AvgIpc) is 3.12. The molecule has 0 unspecified atom stereocenters. The van der Waals surface area contributed by atoms with Crippen LogP contribution in [0.25, 0.3) is 0 Å². The van der Waals surface area contributed by atoms with Crippen LogP contribution in [0.2, 0.25) is 0 Å². The number of guanidine groups is 1. The van der Waals surface area contributed by atoms with Gasteiger partial charge in [-0.15, -0.1) is 0 Å². The van der Waals surface area contributed by atoms with Crippen molar-refractivity contribution in [2.75, 3.05) is 25.1 Å². The van der Waals surface area contributed by atoms with Gasteiger partial charge in [-0.05, 0) is 76.3 Å². The number of nitrogens with two attached hydrogens (primary N) is 5. The molecule has 0 aromatic carbocycles. The average molecular weight is 820 g/mol. The Labute approximate surface area is 327 Å². The number of carbonyl (C=O) groups is 9. The monoisotopic (exact) mass is 819 g/mol. The first-order chi connectivity index (χ1) is 26.3. The van der Waals surface area contributed by atoms with Crippen LogP contribution in [0.3, 0.4) is 0 Å². The van der Waals surface area contributed by atoms with Crippen LogP contribution in [0.15, 0.2) is 4.99 Å². The van der Waals surface area contributed by atoms with Crippen molar-refractivity contribution in [1.29, 1.82) is 0 Å². The third-order valence-electron chi connectivity index (χ3n) is 7.98. The molecule has 24 heteroatoms. The standard InChI is InChI=1S/C32H57N11O12S/c1-56-16-13-21(42-29(52)20(9-12-25(47)48)39-26(49)17(34)7-11-24(45)46)30(53)41-19(8-10-23(35)44)28(51)40-18(5-2-3-14-33)27(50)43-22(31(54)55)6-4-15-38-32(36)37/h17-22H,2-16,33-34H2,1H3,(H2,35,44)(H,39,49)(H,40,51)(H,41,53)(H,42,52)(H,43,50)(H,45,46)(H,47,48)(H,54,55)(H4,36,37,38)/t17-,18-,19-,20-,21-,22-/m0/s1. The fraction of sp³-hybridized carbons (Fsp3) is 0.688. The van der Waals surface area contributed by atoms with E-state index in [1.807, 2.05) is 0 Å². The van der Waals surface area contributed by atoms with E-state index in [9.17, 15) is 53.4 Å². The maximum Gasteiger partial charge on any atom is 0.326 e. The van der Waals surface area contributed by atoms with Crippen molar-refractivity contribution in [3.05, 3.63) is 0 Å². The van der Waals surface area contributed by atoms with E-state index in [1.54, 1.807) is 6.26 Å². The fourth-order valence-electron chi connectivity index (χ4n) is 4.90. The number of carboxylic acids is 3. The number of carbonyl (C=O) groups excluding carboxylic acids is 6. The topological polar surface area (TPSA) is 417 Å². The smallest absolute Gasteiger partial charge is 0.326 e. The van der Waals surface area contributed by atoms with E-state index in [1.165, 1.54) is 11.8 Å². The third kappa shape index (κ3) is 22.9. The minimum absolute atomic E-state index is 0.0153. The molecular formula is C32H57N11O12S. The highest BCUT2D eigenvalue weighted by atomic mass is 32.2. The van der Waals surface area contributed by atoms with Gasteiger partial charge in [-0.2, -0.15) is 11.8 Å². The van der Waals surface area contributed by atoms with Crippen LogP contribution >= 0.6 is 11.8 Å². The number of aliphatic carboxylic acids is 3. The van der Waals surface area contributed by atoms with Crippen molar-refractivity contribution in [1.82, 2.24) is 26.6 Å². The van der Waals surface area contributed by atoms with E-state index in [0.29, 0.717) is 18.6 Å². The van der Waals surface area contributed by atoms with Gasteiger partial charge in [0.2, 0.25) is 35.4 Å². The molecule has 0 rings (SSSR count). The van der Waals surface area contributed by atoms with Crippen LogP contribution in [0, 0.1) is 0 Å². The van der Waals surface area contributed by atoms with Gasteiger partial charge in [-0.25, -0.2) is 4.79 Å². The summed E-state index contributed by atoms with van der Waals surface area (Å²) < 4.78 is 0. The lowest BCUT2D eigenvalue weighted by atomic mass is 10.0. The Bertz CT molecular complexity index is 1380. The quantitative estimate of drug-likeness (QED) is 0.0179. The third-order valence-corrected chi connectivity index (χ3v) is 8.63. The lowest BCUT2D eigenvalue weighted by Gasteiger charge is -2.27. The Hall–Kier alpha value is -5.23. The molecule has 0 spiro atoms. The van der Waals surface area contributed by atoms with Gasteiger partial charge >= 0.3 is 17.9 Å². The number of primary amides is 1. The number of unbranched alkanes of at least 4 members (excludes halogenated alkanes) is 1. The molecule has 318 valence electrons. The summed E-state index contributed by atoms with van der Waals surface area (Å²) in [7, 11) is 0. The summed E-state index contributed by atoms with van der Waals surface area (Å²) in [4.78, 5) is 116. The van der Waals surface area contributed by atoms with Gasteiger partial charge in [0.1, 0.15) is 30.2 Å². The minimum atomic E-state index is -1.51. The Morgan fingerprint density at radius 3 is 1.45 bits per heavy atom. The van der Waals surface area contributed by atoms with Gasteiger partial charge in [0.15, 0.2) is 5.96 Å². The van der Waals surface area contributed by atoms with Gasteiger partial charge in [0, 0.05) is 25.8 Å². The molecule has 0 aromatic heterocycles. The molecule has 6 atom stereocenters. The lowest BCUT2D eigenvalue weighted by Crippen LogP contribution is -2.59. The summed E-state index contributed by atoms with van der Waals surface area (Å²) in [6, 6.07) is -8.42. The second-order valence-corrected chi connectivity index (χ2v) is 13.6. The van der Waals surface area contributed by atoms with Gasteiger partial charge in [0.05, 0.1) is 6.04 Å². The molecular weight excluding hydrogens is 762 g/mol. The van der Waals surface area contributed by atoms with Gasteiger partial charge in [-0.1, -0.05) is 0 Å². The first-order valence-electron chi connectivity index (χ1n) is 17.8. The number of amides is 6. The second kappa shape index (κ2) is 28.2. The largest absolute Gasteiger partial charge is 0.481 e. The molecule has 0 aliphatic heterocycles. The van der Waals surface area contributed by atoms with Crippen molar-refractivity contribution in [2.45, 2.75) is 113 Å². The van der Waals surface area contributed by atoms with Crippen LogP contribution in [0.5, 0.6) is 0 Å². The lowest BCUT2D eigenvalue weighted by molar-refractivity contribution is -0.142. The molecule has 0 aliphatic rings. The molecule has 56 heavy (non-hydrogen) atoms. The molecule has 6 amide bonds. The zero-order chi connectivity index (χ0) is 42.8. The highest BCUT2D eigenvalue weighted by molar-refractivity contribution is 7.98. The zero-order valence-corrected chi connectivity index (χ0v) is 32.1. The maximum atomic E-state index is 13.7. The number of nitrogens with zero attached hydrogens (tertiary/aromatic N) is 1. The first kappa shape index (κ1) is 50.8. The first-order valence-corrected chi connectivity index (χ1v) is 19.2. The van der Waals surface area contributed by atoms with Crippen molar-refractivity contribution >= 4 is 71.1 Å². The molecule has 0 saturated carbocycles. The van der Waals surface area contributed by atoms with Crippen molar-refractivity contribution in [2.24, 2.45) is 33.7 Å². The van der Waals surface area contributed by atoms with Gasteiger partial charge in [0.25, 0.3) is 0 Å². The minimum Gasteiger partial charge on any atom is -0.481 e. The summed E-state index contributed by atoms with van der Waals surface area (Å²) in [5.41, 5.74) is 27.2. The summed E-state index contributed by atoms with van der Waals surface area (Å²) >= 11 is 1.30. The molecule has 0 aliphatic carbocycles. The van der Waals surface area contributed by atoms with E-state index in [0.717, 1.165) is 0 Å². The van der Waals surface area contributed by atoms with Crippen LogP contribution in [0.1, 0.15) is 77.0 Å². The molecule has 0 heterocycles. The fourth-order valence-corrected chi connectivity index (χ4v) is 5.37. The molecule has 23 nitrogen and oxygen atoms in total. The Balaban J connectivity index is 6.26. The van der Waals surface area contributed by atoms with Crippen LogP contribution < -0.4 is 55.3 Å². The SMILES string of the molecule is CSCC[C@H](NC(=O)[C@H](CCC(=O)O)NC(=O)[C@@H](N)CCC(=O)O)C(=O)N[C@@H](CCC(N)=O)C(=O)N[C@@H](CCCCN)C(=O)N[C@@H](CCCN=C(N)N)C(=O)O. The van der Waals surface area contributed by atoms with Crippen LogP contribution in [-0.2, 0) is 43.2 Å². The van der Waals surface area contributed by atoms with Crippen molar-refractivity contribution in [3.63, 3.8) is 0 Å². The molecule has 0 saturated heterocycles. The zero-order valence-electron chi connectivity index (χ0n) is 31.3. The van der Waals surface area contributed by atoms with Gasteiger partial charge < -0.3 is 70.6 Å². The van der Waals surface area contributed by atoms with Crippen LogP contribution in [0.4, 0.5) is 0 Å². The normalized spacial score (nSPS) is 14.0. The van der Waals surface area contributed by atoms with Crippen molar-refractivity contribution in [3.8, 4) is 0 Å². The number of nitrogens with one attached hydrogen (secondary N) is 5. The van der Waals surface area contributed by atoms with E-state index in [4.69, 9.17) is 33.8 Å². The molecule has 0 bridgehead atoms. The summed E-state index contributed by atoms with van der Waals surface area (Å²) in [6.45, 7) is 0.350. The number of carboxylic acid groups (broad SMARTS) is 3. The van der Waals surface area contributed by atoms with E-state index in [-0.39, 0.29) is 57.6 Å². The Kier molecular flexibility index (Phi) is 25.6. The molecule has 18 N–H and O–H groups in total. The summed E-state index contributed by atoms with van der Waals surface area (Å²) in [5.74, 6) is -9.24. The van der Waals surface area contributed by atoms with Crippen molar-refractivity contribution < 1.29 is 58.5 Å². The number of hydrogen-bond donors (Lipinski definition) is 13. The highest BCUT2D eigenvalue weighted by Gasteiger charge is 2.33. The Morgan fingerprint density at radius 1 is 0.571 bits per heavy atom. The van der Waals surface area contributed by atoms with E-state index < -0.39 is 115 Å². The number of thioether (sulfide) groups is 1. The molecule has 0 radical (unpaired) electrons. The summed E-state index contributed by atoms with van der Waals surface area (Å²) in [5, 5.41) is 39.9. The second-order valence-electron chi connectivity index (χ2n) is 12.6. The highest BCUT2D eigenvalue weighted by Crippen LogP contribution is 2.09. The Morgan fingerprint density at radius 2 is 1.00 bits per heavy atom. The molecule has 0 aromatic rings. The van der Waals surface area contributed by atoms with Gasteiger partial charge in [-0.3, -0.25) is 43.3 Å². The number of hydrogen-bond acceptors (Lipinski definition) is 13. The maximum absolute atomic E-state index is 13.7. The van der Waals surface area contributed by atoms with E-state index >= 15 is 0 Å². The molecule has 0 fully saturated rings. The summed E-state index contributed by atoms with van der Waals surface area (Å²) in [6.07, 6.45) is 0.148. The van der Waals surface area contributed by atoms with E-state index in [2.05, 4.69) is 31.6 Å². The van der Waals surface area contributed by atoms with Crippen LogP contribution in [-0.4, -0.2) is 136 Å². The number of rotatable bonds is 31. The number of aliphatic imine (C=N–C) groups is 1.